The highest BCUT2D eigenvalue weighted by Crippen LogP contribution is 2.47. The van der Waals surface area contributed by atoms with E-state index in [1.54, 1.807) is 6.92 Å². The van der Waals surface area contributed by atoms with Crippen LogP contribution in [0.25, 0.3) is 0 Å². The van der Waals surface area contributed by atoms with Crippen molar-refractivity contribution >= 4 is 11.7 Å². The van der Waals surface area contributed by atoms with Crippen LogP contribution in [0.4, 0.5) is 8.78 Å². The van der Waals surface area contributed by atoms with Crippen molar-refractivity contribution in [2.24, 2.45) is 5.41 Å². The Morgan fingerprint density at radius 1 is 1.35 bits per heavy atom. The van der Waals surface area contributed by atoms with E-state index in [1.165, 1.54) is 23.9 Å². The zero-order chi connectivity index (χ0) is 24.6. The normalized spacial score (nSPS) is 23.8. The van der Waals surface area contributed by atoms with E-state index in [0.29, 0.717) is 38.5 Å². The molecule has 2 N–H and O–H groups in total. The number of aromatic nitrogens is 1. The van der Waals surface area contributed by atoms with Crippen LogP contribution in [0.2, 0.25) is 0 Å². The molecule has 2 aromatic rings. The van der Waals surface area contributed by atoms with E-state index in [0.717, 1.165) is 6.07 Å². The number of nitrogens with one attached hydrogen (secondary N) is 1. The summed E-state index contributed by atoms with van der Waals surface area (Å²) in [5.41, 5.74) is -2.53. The fourth-order valence-corrected chi connectivity index (χ4v) is 4.83. The van der Waals surface area contributed by atoms with E-state index in [2.05, 4.69) is 5.32 Å². The van der Waals surface area contributed by atoms with E-state index in [1.807, 2.05) is 0 Å². The molecule has 2 aliphatic rings. The number of ketones is 1. The first kappa shape index (κ1) is 24.0. The van der Waals surface area contributed by atoms with Crippen LogP contribution >= 0.6 is 0 Å². The molecule has 0 aliphatic carbocycles. The summed E-state index contributed by atoms with van der Waals surface area (Å²) in [4.78, 5) is 39.2. The van der Waals surface area contributed by atoms with Crippen molar-refractivity contribution < 1.29 is 33.0 Å². The zero-order valence-electron chi connectivity index (χ0n) is 18.9. The number of carbonyl (C=O) groups is 2. The Morgan fingerprint density at radius 3 is 2.82 bits per heavy atom. The second kappa shape index (κ2) is 9.27. The number of carbonyl (C=O) groups excluding carboxylic acids is 2. The summed E-state index contributed by atoms with van der Waals surface area (Å²) in [7, 11) is 1.52. The molecule has 2 aliphatic heterocycles. The maximum absolute atomic E-state index is 13.9. The van der Waals surface area contributed by atoms with E-state index in [-0.39, 0.29) is 29.4 Å². The number of ether oxygens (including phenoxy) is 2. The van der Waals surface area contributed by atoms with Gasteiger partial charge in [0.2, 0.25) is 5.43 Å². The standard InChI is InChI=1S/C24H26F2N2O6/c1-24(7-9-33-2)21(31)18-20(30)19(29)15(12-28(18)17-4-3-8-34-22(17)24)23(32)27-11-13-5-6-14(25)10-16(13)26/h5-6,10,12,17,22,30H,3-4,7-9,11H2,1-2H3,(H,27,32). The molecule has 8 nitrogen and oxygen atoms in total. The Labute approximate surface area is 194 Å². The molecule has 3 unspecified atom stereocenters. The minimum atomic E-state index is -1.02. The Balaban J connectivity index is 1.71. The van der Waals surface area contributed by atoms with Gasteiger partial charge in [-0.25, -0.2) is 8.78 Å². The average Bonchev–Trinajstić information content (AvgIpc) is 2.82. The summed E-state index contributed by atoms with van der Waals surface area (Å²) >= 11 is 0. The van der Waals surface area contributed by atoms with E-state index in [9.17, 15) is 28.3 Å². The molecule has 10 heteroatoms. The number of pyridine rings is 1. The lowest BCUT2D eigenvalue weighted by molar-refractivity contribution is -0.0935. The number of rotatable bonds is 6. The van der Waals surface area contributed by atoms with Crippen LogP contribution in [0.1, 0.15) is 58.6 Å². The lowest BCUT2D eigenvalue weighted by Gasteiger charge is -2.48. The second-order valence-electron chi connectivity index (χ2n) is 8.89. The summed E-state index contributed by atoms with van der Waals surface area (Å²) < 4.78 is 39.6. The number of amides is 1. The predicted octanol–water partition coefficient (Wildman–Crippen LogP) is 2.72. The minimum Gasteiger partial charge on any atom is -0.503 e. The van der Waals surface area contributed by atoms with Gasteiger partial charge in [-0.2, -0.15) is 0 Å². The first-order valence-electron chi connectivity index (χ1n) is 11.0. The third-order valence-corrected chi connectivity index (χ3v) is 6.75. The lowest BCUT2D eigenvalue weighted by atomic mass is 9.69. The molecule has 0 bridgehead atoms. The summed E-state index contributed by atoms with van der Waals surface area (Å²) in [6.45, 7) is 2.20. The van der Waals surface area contributed by atoms with Gasteiger partial charge in [-0.05, 0) is 32.3 Å². The van der Waals surface area contributed by atoms with Crippen molar-refractivity contribution in [3.63, 3.8) is 0 Å². The summed E-state index contributed by atoms with van der Waals surface area (Å²) in [5.74, 6) is -3.71. The van der Waals surface area contributed by atoms with E-state index in [4.69, 9.17) is 9.47 Å². The molecule has 1 aromatic heterocycles. The maximum atomic E-state index is 13.9. The van der Waals surface area contributed by atoms with Gasteiger partial charge in [-0.1, -0.05) is 6.07 Å². The molecular weight excluding hydrogens is 450 g/mol. The average molecular weight is 476 g/mol. The van der Waals surface area contributed by atoms with Gasteiger partial charge >= 0.3 is 0 Å². The van der Waals surface area contributed by atoms with Crippen LogP contribution in [0.5, 0.6) is 5.75 Å². The van der Waals surface area contributed by atoms with Gasteiger partial charge in [0, 0.05) is 44.7 Å². The van der Waals surface area contributed by atoms with Gasteiger partial charge in [0.25, 0.3) is 5.91 Å². The third-order valence-electron chi connectivity index (χ3n) is 6.75. The second-order valence-corrected chi connectivity index (χ2v) is 8.89. The number of hydrogen-bond donors (Lipinski definition) is 2. The number of nitrogens with zero attached hydrogens (tertiary/aromatic N) is 1. The highest BCUT2D eigenvalue weighted by molar-refractivity contribution is 6.03. The molecule has 34 heavy (non-hydrogen) atoms. The maximum Gasteiger partial charge on any atom is 0.257 e. The van der Waals surface area contributed by atoms with Crippen molar-refractivity contribution in [1.82, 2.24) is 9.88 Å². The van der Waals surface area contributed by atoms with Gasteiger partial charge in [0.1, 0.15) is 22.9 Å². The van der Waals surface area contributed by atoms with Crippen LogP contribution in [0, 0.1) is 17.0 Å². The summed E-state index contributed by atoms with van der Waals surface area (Å²) in [6.07, 6.45) is 2.39. The van der Waals surface area contributed by atoms with E-state index < -0.39 is 46.0 Å². The van der Waals surface area contributed by atoms with Crippen molar-refractivity contribution in [3.05, 3.63) is 63.1 Å². The molecular formula is C24H26F2N2O6. The van der Waals surface area contributed by atoms with Crippen LogP contribution in [0.15, 0.2) is 29.2 Å². The molecule has 0 saturated carbocycles. The highest BCUT2D eigenvalue weighted by Gasteiger charge is 2.53. The molecule has 0 spiro atoms. The molecule has 182 valence electrons. The molecule has 4 rings (SSSR count). The molecule has 1 aromatic carbocycles. The number of fused-ring (bicyclic) bond motifs is 3. The van der Waals surface area contributed by atoms with Gasteiger partial charge < -0.3 is 24.5 Å². The number of benzene rings is 1. The largest absolute Gasteiger partial charge is 0.503 e. The molecule has 3 atom stereocenters. The lowest BCUT2D eigenvalue weighted by Crippen LogP contribution is -2.54. The fourth-order valence-electron chi connectivity index (χ4n) is 4.83. The number of aromatic hydroxyl groups is 1. The summed E-state index contributed by atoms with van der Waals surface area (Å²) in [5, 5.41) is 13.2. The van der Waals surface area contributed by atoms with Crippen LogP contribution < -0.4 is 10.7 Å². The molecule has 1 amide bonds. The van der Waals surface area contributed by atoms with Crippen molar-refractivity contribution in [2.75, 3.05) is 20.3 Å². The van der Waals surface area contributed by atoms with Gasteiger partial charge in [-0.3, -0.25) is 14.4 Å². The van der Waals surface area contributed by atoms with Gasteiger partial charge in [-0.15, -0.1) is 0 Å². The van der Waals surface area contributed by atoms with Crippen molar-refractivity contribution in [2.45, 2.75) is 44.9 Å². The smallest absolute Gasteiger partial charge is 0.257 e. The number of halogens is 2. The van der Waals surface area contributed by atoms with Crippen LogP contribution in [-0.4, -0.2) is 47.8 Å². The molecule has 1 saturated heterocycles. The van der Waals surface area contributed by atoms with Crippen molar-refractivity contribution in [3.8, 4) is 5.75 Å². The van der Waals surface area contributed by atoms with Crippen LogP contribution in [0.3, 0.4) is 0 Å². The third kappa shape index (κ3) is 4.01. The monoisotopic (exact) mass is 476 g/mol. The molecule has 3 heterocycles. The Bertz CT molecular complexity index is 1200. The summed E-state index contributed by atoms with van der Waals surface area (Å²) in [6, 6.07) is 2.55. The molecule has 1 fully saturated rings. The first-order chi connectivity index (χ1) is 16.2. The number of hydrogen-bond acceptors (Lipinski definition) is 6. The number of methoxy groups -OCH3 is 1. The molecule has 0 radical (unpaired) electrons. The number of Topliss-reactive ketones (excluding diaryl/α,β-unsaturated/α-hetero) is 1. The van der Waals surface area contributed by atoms with E-state index >= 15 is 0 Å². The van der Waals surface area contributed by atoms with Gasteiger partial charge in [0.15, 0.2) is 11.5 Å². The predicted molar refractivity (Wildman–Crippen MR) is 117 cm³/mol. The fraction of sp³-hybridized carbons (Fsp3) is 0.458. The van der Waals surface area contributed by atoms with Gasteiger partial charge in [0.05, 0.1) is 17.6 Å². The Morgan fingerprint density at radius 2 is 2.12 bits per heavy atom. The minimum absolute atomic E-state index is 0.0295. The topological polar surface area (TPSA) is 107 Å². The quantitative estimate of drug-likeness (QED) is 0.664. The van der Waals surface area contributed by atoms with Crippen molar-refractivity contribution in [1.29, 1.82) is 0 Å². The Hall–Kier alpha value is -3.11. The Kier molecular flexibility index (Phi) is 6.55. The van der Waals surface area contributed by atoms with Crippen LogP contribution in [-0.2, 0) is 16.0 Å². The highest BCUT2D eigenvalue weighted by atomic mass is 19.1. The first-order valence-corrected chi connectivity index (χ1v) is 11.0. The SMILES string of the molecule is COCCC1(C)C(=O)c2c(O)c(=O)c(C(=O)NCc3ccc(F)cc3F)cn2C2CCCOC21. The zero-order valence-corrected chi connectivity index (χ0v) is 18.9.